The molecule has 0 fully saturated rings. The summed E-state index contributed by atoms with van der Waals surface area (Å²) >= 11 is 0. The van der Waals surface area contributed by atoms with Gasteiger partial charge in [0.05, 0.1) is 11.1 Å². The fourth-order valence-electron chi connectivity index (χ4n) is 2.70. The standard InChI is InChI=1S/C18H26O4/c1-12(2)8-6-4-5-7-9-14-13(3)10-11-15(17(19)20)16(14)18(21)22/h10-12H,4-9H2,1-3H3,(H,19,20)(H,21,22). The van der Waals surface area contributed by atoms with Gasteiger partial charge in [-0.15, -0.1) is 0 Å². The van der Waals surface area contributed by atoms with E-state index in [0.717, 1.165) is 24.8 Å². The highest BCUT2D eigenvalue weighted by Gasteiger charge is 2.21. The molecule has 0 spiro atoms. The van der Waals surface area contributed by atoms with Crippen molar-refractivity contribution in [3.05, 3.63) is 34.4 Å². The highest BCUT2D eigenvalue weighted by atomic mass is 16.4. The fraction of sp³-hybridized carbons (Fsp3) is 0.556. The second-order valence-electron chi connectivity index (χ2n) is 6.24. The Morgan fingerprint density at radius 2 is 1.64 bits per heavy atom. The summed E-state index contributed by atoms with van der Waals surface area (Å²) in [5.74, 6) is -1.63. The van der Waals surface area contributed by atoms with E-state index in [1.807, 2.05) is 6.92 Å². The number of aryl methyl sites for hydroxylation is 1. The maximum Gasteiger partial charge on any atom is 0.336 e. The van der Waals surface area contributed by atoms with Gasteiger partial charge >= 0.3 is 11.9 Å². The molecular weight excluding hydrogens is 280 g/mol. The highest BCUT2D eigenvalue weighted by Crippen LogP contribution is 2.22. The van der Waals surface area contributed by atoms with Gasteiger partial charge in [-0.3, -0.25) is 0 Å². The Kier molecular flexibility index (Phi) is 7.09. The van der Waals surface area contributed by atoms with E-state index in [1.165, 1.54) is 18.9 Å². The van der Waals surface area contributed by atoms with Crippen LogP contribution in [0.3, 0.4) is 0 Å². The molecular formula is C18H26O4. The van der Waals surface area contributed by atoms with Crippen molar-refractivity contribution in [3.63, 3.8) is 0 Å². The number of unbranched alkanes of at least 4 members (excludes halogenated alkanes) is 3. The third kappa shape index (κ3) is 5.17. The lowest BCUT2D eigenvalue weighted by Gasteiger charge is -2.12. The van der Waals surface area contributed by atoms with Gasteiger partial charge in [0.2, 0.25) is 0 Å². The molecule has 0 bridgehead atoms. The van der Waals surface area contributed by atoms with Gasteiger partial charge in [-0.05, 0) is 42.9 Å². The molecule has 0 saturated heterocycles. The molecule has 0 unspecified atom stereocenters. The van der Waals surface area contributed by atoms with E-state index in [9.17, 15) is 14.7 Å². The monoisotopic (exact) mass is 306 g/mol. The zero-order chi connectivity index (χ0) is 16.7. The molecule has 0 aromatic heterocycles. The van der Waals surface area contributed by atoms with Crippen molar-refractivity contribution in [2.75, 3.05) is 0 Å². The number of rotatable bonds is 9. The van der Waals surface area contributed by atoms with Crippen molar-refractivity contribution in [1.29, 1.82) is 0 Å². The van der Waals surface area contributed by atoms with Crippen LogP contribution in [-0.2, 0) is 6.42 Å². The maximum absolute atomic E-state index is 11.4. The van der Waals surface area contributed by atoms with Crippen LogP contribution in [0, 0.1) is 12.8 Å². The Morgan fingerprint density at radius 3 is 2.18 bits per heavy atom. The largest absolute Gasteiger partial charge is 0.478 e. The van der Waals surface area contributed by atoms with Crippen molar-refractivity contribution >= 4 is 11.9 Å². The predicted octanol–water partition coefficient (Wildman–Crippen LogP) is 4.54. The third-order valence-corrected chi connectivity index (χ3v) is 3.95. The molecule has 0 atom stereocenters. The quantitative estimate of drug-likeness (QED) is 0.657. The minimum absolute atomic E-state index is 0.0466. The SMILES string of the molecule is Cc1ccc(C(=O)O)c(C(=O)O)c1CCCCCCC(C)C. The second-order valence-corrected chi connectivity index (χ2v) is 6.24. The molecule has 1 aromatic carbocycles. The second kappa shape index (κ2) is 8.57. The lowest BCUT2D eigenvalue weighted by atomic mass is 9.92. The van der Waals surface area contributed by atoms with Crippen LogP contribution in [0.1, 0.15) is 77.8 Å². The van der Waals surface area contributed by atoms with E-state index in [1.54, 1.807) is 6.07 Å². The van der Waals surface area contributed by atoms with E-state index in [2.05, 4.69) is 13.8 Å². The zero-order valence-electron chi connectivity index (χ0n) is 13.7. The molecule has 2 N–H and O–H groups in total. The van der Waals surface area contributed by atoms with Crippen molar-refractivity contribution in [1.82, 2.24) is 0 Å². The first kappa shape index (κ1) is 18.2. The van der Waals surface area contributed by atoms with Gasteiger partial charge in [0.1, 0.15) is 0 Å². The molecule has 0 radical (unpaired) electrons. The van der Waals surface area contributed by atoms with Crippen LogP contribution in [-0.4, -0.2) is 22.2 Å². The van der Waals surface area contributed by atoms with Gasteiger partial charge in [-0.1, -0.05) is 45.6 Å². The third-order valence-electron chi connectivity index (χ3n) is 3.95. The van der Waals surface area contributed by atoms with E-state index >= 15 is 0 Å². The van der Waals surface area contributed by atoms with Gasteiger partial charge in [0, 0.05) is 0 Å². The van der Waals surface area contributed by atoms with E-state index < -0.39 is 11.9 Å². The van der Waals surface area contributed by atoms with Gasteiger partial charge in [0.15, 0.2) is 0 Å². The van der Waals surface area contributed by atoms with Gasteiger partial charge < -0.3 is 10.2 Å². The first-order valence-corrected chi connectivity index (χ1v) is 7.93. The van der Waals surface area contributed by atoms with Crippen LogP contribution in [0.2, 0.25) is 0 Å². The molecule has 1 aromatic rings. The number of aromatic carboxylic acids is 2. The first-order chi connectivity index (χ1) is 10.3. The molecule has 122 valence electrons. The molecule has 0 heterocycles. The molecule has 1 rings (SSSR count). The smallest absolute Gasteiger partial charge is 0.336 e. The summed E-state index contributed by atoms with van der Waals surface area (Å²) in [6.07, 6.45) is 6.10. The van der Waals surface area contributed by atoms with Crippen LogP contribution in [0.15, 0.2) is 12.1 Å². The van der Waals surface area contributed by atoms with Crippen LogP contribution in [0.4, 0.5) is 0 Å². The topological polar surface area (TPSA) is 74.6 Å². The van der Waals surface area contributed by atoms with Gasteiger partial charge in [0.25, 0.3) is 0 Å². The number of hydrogen-bond donors (Lipinski definition) is 2. The average molecular weight is 306 g/mol. The maximum atomic E-state index is 11.4. The number of carbonyl (C=O) groups is 2. The summed E-state index contributed by atoms with van der Waals surface area (Å²) in [5, 5.41) is 18.5. The Labute approximate surface area is 132 Å². The number of benzene rings is 1. The van der Waals surface area contributed by atoms with E-state index in [-0.39, 0.29) is 11.1 Å². The molecule has 4 heteroatoms. The number of carboxylic acid groups (broad SMARTS) is 2. The van der Waals surface area contributed by atoms with E-state index in [4.69, 9.17) is 5.11 Å². The van der Waals surface area contributed by atoms with E-state index in [0.29, 0.717) is 17.9 Å². The van der Waals surface area contributed by atoms with Crippen LogP contribution in [0.5, 0.6) is 0 Å². The first-order valence-electron chi connectivity index (χ1n) is 7.93. The lowest BCUT2D eigenvalue weighted by molar-refractivity contribution is 0.0650. The summed E-state index contributed by atoms with van der Waals surface area (Å²) in [6.45, 7) is 6.26. The molecule has 0 aliphatic rings. The fourth-order valence-corrected chi connectivity index (χ4v) is 2.70. The van der Waals surface area contributed by atoms with Crippen LogP contribution in [0.25, 0.3) is 0 Å². The van der Waals surface area contributed by atoms with Crippen molar-refractivity contribution in [2.45, 2.75) is 59.3 Å². The average Bonchev–Trinajstić information content (AvgIpc) is 2.42. The Balaban J connectivity index is 2.75. The Morgan fingerprint density at radius 1 is 1.00 bits per heavy atom. The number of carboxylic acids is 2. The minimum atomic E-state index is -1.18. The predicted molar refractivity (Wildman–Crippen MR) is 86.7 cm³/mol. The molecule has 22 heavy (non-hydrogen) atoms. The van der Waals surface area contributed by atoms with Crippen molar-refractivity contribution < 1.29 is 19.8 Å². The summed E-state index contributed by atoms with van der Waals surface area (Å²) in [4.78, 5) is 22.7. The molecule has 0 aliphatic heterocycles. The number of hydrogen-bond acceptors (Lipinski definition) is 2. The molecule has 0 aliphatic carbocycles. The summed E-state index contributed by atoms with van der Waals surface area (Å²) in [7, 11) is 0. The summed E-state index contributed by atoms with van der Waals surface area (Å²) < 4.78 is 0. The minimum Gasteiger partial charge on any atom is -0.478 e. The highest BCUT2D eigenvalue weighted by molar-refractivity contribution is 6.03. The molecule has 0 saturated carbocycles. The zero-order valence-corrected chi connectivity index (χ0v) is 13.7. The van der Waals surface area contributed by atoms with Crippen molar-refractivity contribution in [2.24, 2.45) is 5.92 Å². The Hall–Kier alpha value is -1.84. The van der Waals surface area contributed by atoms with Crippen LogP contribution >= 0.6 is 0 Å². The summed E-state index contributed by atoms with van der Waals surface area (Å²) in [6, 6.07) is 3.08. The van der Waals surface area contributed by atoms with Gasteiger partial charge in [-0.25, -0.2) is 9.59 Å². The summed E-state index contributed by atoms with van der Waals surface area (Å²) in [5.41, 5.74) is 1.35. The lowest BCUT2D eigenvalue weighted by Crippen LogP contribution is -2.13. The Bertz CT molecular complexity index is 532. The molecule has 0 amide bonds. The normalized spacial score (nSPS) is 10.9. The van der Waals surface area contributed by atoms with Crippen LogP contribution < -0.4 is 0 Å². The van der Waals surface area contributed by atoms with Crippen molar-refractivity contribution in [3.8, 4) is 0 Å². The molecule has 4 nitrogen and oxygen atoms in total. The van der Waals surface area contributed by atoms with Gasteiger partial charge in [-0.2, -0.15) is 0 Å².